The number of nitrogens with one attached hydrogen (secondary N) is 1. The van der Waals surface area contributed by atoms with Crippen LogP contribution in [0.25, 0.3) is 0 Å². The Morgan fingerprint density at radius 2 is 2.05 bits per heavy atom. The van der Waals surface area contributed by atoms with E-state index in [1.807, 2.05) is 29.9 Å². The third-order valence-corrected chi connectivity index (χ3v) is 3.80. The van der Waals surface area contributed by atoms with Crippen molar-refractivity contribution in [1.82, 2.24) is 15.1 Å². The number of halogens is 1. The fourth-order valence-corrected chi connectivity index (χ4v) is 2.65. The molecule has 0 aliphatic carbocycles. The minimum Gasteiger partial charge on any atom is -0.306 e. The van der Waals surface area contributed by atoms with Crippen LogP contribution in [0.2, 0.25) is 5.02 Å². The van der Waals surface area contributed by atoms with E-state index in [1.165, 1.54) is 11.1 Å². The molecule has 0 radical (unpaired) electrons. The zero-order chi connectivity index (χ0) is 15.6. The third kappa shape index (κ3) is 4.08. The van der Waals surface area contributed by atoms with E-state index in [1.54, 1.807) is 0 Å². The molecule has 0 amide bonds. The van der Waals surface area contributed by atoms with E-state index < -0.39 is 0 Å². The van der Waals surface area contributed by atoms with Gasteiger partial charge in [-0.2, -0.15) is 5.10 Å². The number of benzene rings is 1. The smallest absolute Gasteiger partial charge is 0.0722 e. The van der Waals surface area contributed by atoms with E-state index in [2.05, 4.69) is 50.4 Å². The van der Waals surface area contributed by atoms with Crippen LogP contribution in [-0.4, -0.2) is 9.78 Å². The van der Waals surface area contributed by atoms with Gasteiger partial charge in [0.25, 0.3) is 0 Å². The van der Waals surface area contributed by atoms with Gasteiger partial charge in [0, 0.05) is 41.8 Å². The van der Waals surface area contributed by atoms with E-state index in [0.717, 1.165) is 17.3 Å². The molecule has 0 fully saturated rings. The Hall–Kier alpha value is -1.32. The zero-order valence-corrected chi connectivity index (χ0v) is 14.2. The number of aryl methyl sites for hydroxylation is 1. The van der Waals surface area contributed by atoms with Gasteiger partial charge in [-0.15, -0.1) is 0 Å². The molecule has 3 nitrogen and oxygen atoms in total. The number of hydrogen-bond donors (Lipinski definition) is 1. The van der Waals surface area contributed by atoms with Crippen molar-refractivity contribution in [3.8, 4) is 0 Å². The summed E-state index contributed by atoms with van der Waals surface area (Å²) in [4.78, 5) is 0. The van der Waals surface area contributed by atoms with Crippen LogP contribution in [-0.2, 0) is 19.0 Å². The molecule has 0 aliphatic rings. The fourth-order valence-electron chi connectivity index (χ4n) is 2.46. The van der Waals surface area contributed by atoms with Crippen molar-refractivity contribution in [2.24, 2.45) is 7.05 Å². The quantitative estimate of drug-likeness (QED) is 0.916. The van der Waals surface area contributed by atoms with Crippen molar-refractivity contribution in [2.45, 2.75) is 45.7 Å². The highest BCUT2D eigenvalue weighted by molar-refractivity contribution is 6.30. The predicted octanol–water partition coefficient (Wildman–Crippen LogP) is 4.22. The zero-order valence-electron chi connectivity index (χ0n) is 13.4. The van der Waals surface area contributed by atoms with Crippen molar-refractivity contribution in [2.75, 3.05) is 0 Å². The van der Waals surface area contributed by atoms with Gasteiger partial charge in [0.1, 0.15) is 0 Å². The largest absolute Gasteiger partial charge is 0.306 e. The maximum atomic E-state index is 6.05. The SMILES string of the molecule is CC(NCc1cn(C)nc1C(C)(C)C)c1cccc(Cl)c1. The van der Waals surface area contributed by atoms with Crippen LogP contribution in [0.1, 0.15) is 50.6 Å². The van der Waals surface area contributed by atoms with Gasteiger partial charge in [-0.1, -0.05) is 44.5 Å². The van der Waals surface area contributed by atoms with E-state index >= 15 is 0 Å². The van der Waals surface area contributed by atoms with Crippen LogP contribution >= 0.6 is 11.6 Å². The first-order valence-electron chi connectivity index (χ1n) is 7.29. The third-order valence-electron chi connectivity index (χ3n) is 3.56. The molecule has 0 spiro atoms. The minimum atomic E-state index is 0.0531. The van der Waals surface area contributed by atoms with Crippen LogP contribution in [0.15, 0.2) is 30.5 Å². The lowest BCUT2D eigenvalue weighted by Crippen LogP contribution is -2.21. The first-order valence-corrected chi connectivity index (χ1v) is 7.67. The lowest BCUT2D eigenvalue weighted by Gasteiger charge is -2.19. The van der Waals surface area contributed by atoms with E-state index in [4.69, 9.17) is 11.6 Å². The Kier molecular flexibility index (Phi) is 4.74. The van der Waals surface area contributed by atoms with Gasteiger partial charge in [0.15, 0.2) is 0 Å². The van der Waals surface area contributed by atoms with Gasteiger partial charge in [-0.25, -0.2) is 0 Å². The van der Waals surface area contributed by atoms with Crippen molar-refractivity contribution in [3.05, 3.63) is 52.3 Å². The van der Waals surface area contributed by atoms with Gasteiger partial charge in [0.05, 0.1) is 5.69 Å². The van der Waals surface area contributed by atoms with Gasteiger partial charge in [-0.05, 0) is 24.6 Å². The van der Waals surface area contributed by atoms with E-state index in [9.17, 15) is 0 Å². The molecule has 0 saturated carbocycles. The van der Waals surface area contributed by atoms with Crippen LogP contribution in [0.4, 0.5) is 0 Å². The molecule has 0 saturated heterocycles. The summed E-state index contributed by atoms with van der Waals surface area (Å²) < 4.78 is 1.89. The highest BCUT2D eigenvalue weighted by atomic mass is 35.5. The van der Waals surface area contributed by atoms with E-state index in [-0.39, 0.29) is 11.5 Å². The molecule has 1 heterocycles. The first kappa shape index (κ1) is 16.1. The Bertz CT molecular complexity index is 611. The second kappa shape index (κ2) is 6.20. The molecule has 1 unspecified atom stereocenters. The Morgan fingerprint density at radius 1 is 1.33 bits per heavy atom. The molecule has 21 heavy (non-hydrogen) atoms. The van der Waals surface area contributed by atoms with Gasteiger partial charge in [0.2, 0.25) is 0 Å². The summed E-state index contributed by atoms with van der Waals surface area (Å²) >= 11 is 6.05. The summed E-state index contributed by atoms with van der Waals surface area (Å²) in [6, 6.07) is 8.23. The molecular weight excluding hydrogens is 282 g/mol. The summed E-state index contributed by atoms with van der Waals surface area (Å²) in [6.45, 7) is 9.53. The molecule has 0 aliphatic heterocycles. The maximum absolute atomic E-state index is 6.05. The topological polar surface area (TPSA) is 29.9 Å². The monoisotopic (exact) mass is 305 g/mol. The second-order valence-electron chi connectivity index (χ2n) is 6.58. The highest BCUT2D eigenvalue weighted by Crippen LogP contribution is 2.25. The van der Waals surface area contributed by atoms with Crippen molar-refractivity contribution < 1.29 is 0 Å². The Morgan fingerprint density at radius 3 is 2.67 bits per heavy atom. The number of nitrogens with zero attached hydrogens (tertiary/aromatic N) is 2. The molecule has 0 bridgehead atoms. The first-order chi connectivity index (χ1) is 9.77. The number of aromatic nitrogens is 2. The minimum absolute atomic E-state index is 0.0531. The van der Waals surface area contributed by atoms with E-state index in [0.29, 0.717) is 0 Å². The standard InChI is InChI=1S/C17H24ClN3/c1-12(13-7-6-8-15(18)9-13)19-10-14-11-21(5)20-16(14)17(2,3)4/h6-9,11-12,19H,10H2,1-5H3. The normalized spacial score (nSPS) is 13.4. The second-order valence-corrected chi connectivity index (χ2v) is 7.02. The molecule has 2 aromatic rings. The average Bonchev–Trinajstić information content (AvgIpc) is 2.77. The van der Waals surface area contributed by atoms with Crippen LogP contribution in [0.3, 0.4) is 0 Å². The fraction of sp³-hybridized carbons (Fsp3) is 0.471. The van der Waals surface area contributed by atoms with Gasteiger partial charge >= 0.3 is 0 Å². The summed E-state index contributed by atoms with van der Waals surface area (Å²) in [6.07, 6.45) is 2.10. The maximum Gasteiger partial charge on any atom is 0.0722 e. The van der Waals surface area contributed by atoms with Crippen LogP contribution < -0.4 is 5.32 Å². The number of hydrogen-bond acceptors (Lipinski definition) is 2. The highest BCUT2D eigenvalue weighted by Gasteiger charge is 2.21. The molecule has 1 aromatic heterocycles. The molecule has 4 heteroatoms. The Labute approximate surface area is 132 Å². The summed E-state index contributed by atoms with van der Waals surface area (Å²) in [5.74, 6) is 0. The number of rotatable bonds is 4. The van der Waals surface area contributed by atoms with Gasteiger partial charge in [-0.3, -0.25) is 4.68 Å². The van der Waals surface area contributed by atoms with Crippen molar-refractivity contribution in [1.29, 1.82) is 0 Å². The predicted molar refractivity (Wildman–Crippen MR) is 88.6 cm³/mol. The molecule has 1 N–H and O–H groups in total. The summed E-state index contributed by atoms with van der Waals surface area (Å²) in [7, 11) is 1.97. The van der Waals surface area contributed by atoms with Crippen LogP contribution in [0, 0.1) is 0 Å². The average molecular weight is 306 g/mol. The Balaban J connectivity index is 2.10. The molecular formula is C17H24ClN3. The summed E-state index contributed by atoms with van der Waals surface area (Å²) in [5, 5.41) is 8.93. The van der Waals surface area contributed by atoms with Crippen molar-refractivity contribution >= 4 is 11.6 Å². The molecule has 2 rings (SSSR count). The lowest BCUT2D eigenvalue weighted by atomic mass is 9.89. The summed E-state index contributed by atoms with van der Waals surface area (Å²) in [5.41, 5.74) is 3.65. The van der Waals surface area contributed by atoms with Gasteiger partial charge < -0.3 is 5.32 Å². The van der Waals surface area contributed by atoms with Crippen molar-refractivity contribution in [3.63, 3.8) is 0 Å². The molecule has 1 aromatic carbocycles. The molecule has 114 valence electrons. The molecule has 1 atom stereocenters. The van der Waals surface area contributed by atoms with Crippen LogP contribution in [0.5, 0.6) is 0 Å². The lowest BCUT2D eigenvalue weighted by molar-refractivity contribution is 0.531.